The molecule has 0 radical (unpaired) electrons. The normalized spacial score (nSPS) is 11.8. The quantitative estimate of drug-likeness (QED) is 0.487. The average Bonchev–Trinajstić information content (AvgIpc) is 2.37. The van der Waals surface area contributed by atoms with Gasteiger partial charge < -0.3 is 10.0 Å². The average molecular weight is 316 g/mol. The molecule has 114 valence electrons. The van der Waals surface area contributed by atoms with Crippen LogP contribution in [0.2, 0.25) is 5.15 Å². The van der Waals surface area contributed by atoms with Crippen molar-refractivity contribution in [1.82, 2.24) is 9.88 Å². The van der Waals surface area contributed by atoms with Crippen LogP contribution in [-0.4, -0.2) is 44.4 Å². The molecular formula is C12H14ClN3O5. The highest BCUT2D eigenvalue weighted by atomic mass is 35.5. The molecule has 9 heteroatoms. The Morgan fingerprint density at radius 3 is 2.67 bits per heavy atom. The molecule has 1 rings (SSSR count). The minimum atomic E-state index is -1.06. The number of halogens is 1. The SMILES string of the molecule is CCN(C(=O)c1ccnc(Cl)c1[N+](=O)[O-])C(C)CC(=O)O. The maximum Gasteiger partial charge on any atom is 0.319 e. The van der Waals surface area contributed by atoms with Crippen molar-refractivity contribution in [2.75, 3.05) is 6.54 Å². The molecule has 0 bridgehead atoms. The molecule has 0 saturated carbocycles. The number of nitrogens with zero attached hydrogens (tertiary/aromatic N) is 3. The van der Waals surface area contributed by atoms with Gasteiger partial charge in [0.25, 0.3) is 5.91 Å². The molecule has 1 aromatic heterocycles. The number of carboxylic acids is 1. The van der Waals surface area contributed by atoms with Gasteiger partial charge in [-0.15, -0.1) is 0 Å². The van der Waals surface area contributed by atoms with Crippen LogP contribution in [0.3, 0.4) is 0 Å². The van der Waals surface area contributed by atoms with Gasteiger partial charge in [-0.25, -0.2) is 4.98 Å². The smallest absolute Gasteiger partial charge is 0.319 e. The van der Waals surface area contributed by atoms with Gasteiger partial charge in [0.1, 0.15) is 5.56 Å². The number of hydrogen-bond acceptors (Lipinski definition) is 5. The number of carboxylic acid groups (broad SMARTS) is 1. The van der Waals surface area contributed by atoms with Crippen molar-refractivity contribution >= 4 is 29.2 Å². The van der Waals surface area contributed by atoms with Crippen LogP contribution < -0.4 is 0 Å². The highest BCUT2D eigenvalue weighted by Gasteiger charge is 2.30. The lowest BCUT2D eigenvalue weighted by molar-refractivity contribution is -0.385. The third kappa shape index (κ3) is 3.88. The highest BCUT2D eigenvalue weighted by molar-refractivity contribution is 6.32. The first-order valence-electron chi connectivity index (χ1n) is 6.11. The van der Waals surface area contributed by atoms with Crippen LogP contribution in [0.1, 0.15) is 30.6 Å². The predicted molar refractivity (Wildman–Crippen MR) is 74.3 cm³/mol. The second kappa shape index (κ2) is 6.98. The Morgan fingerprint density at radius 2 is 2.19 bits per heavy atom. The number of amides is 1. The number of aliphatic carboxylic acids is 1. The van der Waals surface area contributed by atoms with Crippen LogP contribution in [-0.2, 0) is 4.79 Å². The second-order valence-electron chi connectivity index (χ2n) is 4.29. The van der Waals surface area contributed by atoms with Gasteiger partial charge in [-0.2, -0.15) is 0 Å². The summed E-state index contributed by atoms with van der Waals surface area (Å²) in [5, 5.41) is 19.4. The molecule has 0 spiro atoms. The molecule has 0 aliphatic carbocycles. The van der Waals surface area contributed by atoms with Crippen molar-refractivity contribution in [2.24, 2.45) is 0 Å². The van der Waals surface area contributed by atoms with Crippen molar-refractivity contribution in [3.8, 4) is 0 Å². The first kappa shape index (κ1) is 16.8. The molecule has 8 nitrogen and oxygen atoms in total. The Hall–Kier alpha value is -2.22. The Kier molecular flexibility index (Phi) is 5.60. The summed E-state index contributed by atoms with van der Waals surface area (Å²) in [6.45, 7) is 3.43. The van der Waals surface area contributed by atoms with Gasteiger partial charge in [-0.3, -0.25) is 19.7 Å². The van der Waals surface area contributed by atoms with Crippen LogP contribution in [0.4, 0.5) is 5.69 Å². The second-order valence-corrected chi connectivity index (χ2v) is 4.65. The molecule has 0 aliphatic heterocycles. The molecule has 0 saturated heterocycles. The van der Waals surface area contributed by atoms with E-state index >= 15 is 0 Å². The lowest BCUT2D eigenvalue weighted by Gasteiger charge is -2.26. The van der Waals surface area contributed by atoms with E-state index in [2.05, 4.69) is 4.98 Å². The number of aromatic nitrogens is 1. The summed E-state index contributed by atoms with van der Waals surface area (Å²) in [7, 11) is 0. The van der Waals surface area contributed by atoms with E-state index in [0.717, 1.165) is 0 Å². The van der Waals surface area contributed by atoms with E-state index in [4.69, 9.17) is 16.7 Å². The highest BCUT2D eigenvalue weighted by Crippen LogP contribution is 2.27. The van der Waals surface area contributed by atoms with Crippen molar-refractivity contribution < 1.29 is 19.6 Å². The zero-order valence-corrected chi connectivity index (χ0v) is 12.2. The van der Waals surface area contributed by atoms with Crippen molar-refractivity contribution in [1.29, 1.82) is 0 Å². The Morgan fingerprint density at radius 1 is 1.57 bits per heavy atom. The van der Waals surface area contributed by atoms with E-state index in [9.17, 15) is 19.7 Å². The predicted octanol–water partition coefficient (Wildman–Crippen LogP) is 1.97. The maximum atomic E-state index is 12.4. The summed E-state index contributed by atoms with van der Waals surface area (Å²) < 4.78 is 0. The van der Waals surface area contributed by atoms with Crippen LogP contribution >= 0.6 is 11.6 Å². The van der Waals surface area contributed by atoms with E-state index in [1.165, 1.54) is 17.2 Å². The molecule has 1 N–H and O–H groups in total. The van der Waals surface area contributed by atoms with Gasteiger partial charge in [0, 0.05) is 18.8 Å². The fourth-order valence-electron chi connectivity index (χ4n) is 1.95. The Balaban J connectivity index is 3.20. The van der Waals surface area contributed by atoms with E-state index in [0.29, 0.717) is 0 Å². The molecule has 1 amide bonds. The van der Waals surface area contributed by atoms with Gasteiger partial charge in [0.05, 0.1) is 11.3 Å². The molecule has 1 unspecified atom stereocenters. The number of hydrogen-bond donors (Lipinski definition) is 1. The van der Waals surface area contributed by atoms with Gasteiger partial charge in [-0.05, 0) is 19.9 Å². The summed E-state index contributed by atoms with van der Waals surface area (Å²) in [4.78, 5) is 38.2. The summed E-state index contributed by atoms with van der Waals surface area (Å²) in [6, 6.07) is 0.592. The molecule has 1 atom stereocenters. The van der Waals surface area contributed by atoms with Gasteiger partial charge >= 0.3 is 11.7 Å². The maximum absolute atomic E-state index is 12.4. The van der Waals surface area contributed by atoms with Crippen LogP contribution in [0.5, 0.6) is 0 Å². The number of rotatable bonds is 6. The van der Waals surface area contributed by atoms with Gasteiger partial charge in [-0.1, -0.05) is 11.6 Å². The first-order chi connectivity index (χ1) is 9.79. The van der Waals surface area contributed by atoms with Crippen LogP contribution in [0, 0.1) is 10.1 Å². The number of nitro groups is 1. The molecule has 21 heavy (non-hydrogen) atoms. The standard InChI is InChI=1S/C12H14ClN3O5/c1-3-15(7(2)6-9(17)18)12(19)8-4-5-14-11(13)10(8)16(20)21/h4-5,7H,3,6H2,1-2H3,(H,17,18). The topological polar surface area (TPSA) is 114 Å². The van der Waals surface area contributed by atoms with Gasteiger partial charge in [0.2, 0.25) is 5.15 Å². The lowest BCUT2D eigenvalue weighted by Crippen LogP contribution is -2.40. The number of carbonyl (C=O) groups excluding carboxylic acids is 1. The molecule has 0 aromatic carbocycles. The lowest BCUT2D eigenvalue weighted by atomic mass is 10.1. The van der Waals surface area contributed by atoms with E-state index in [1.807, 2.05) is 0 Å². The fraction of sp³-hybridized carbons (Fsp3) is 0.417. The Bertz CT molecular complexity index is 578. The van der Waals surface area contributed by atoms with Crippen LogP contribution in [0.25, 0.3) is 0 Å². The summed E-state index contributed by atoms with van der Waals surface area (Å²) in [5.41, 5.74) is -0.788. The fourth-order valence-corrected chi connectivity index (χ4v) is 2.17. The minimum Gasteiger partial charge on any atom is -0.481 e. The van der Waals surface area contributed by atoms with E-state index < -0.39 is 28.5 Å². The molecular weight excluding hydrogens is 302 g/mol. The minimum absolute atomic E-state index is 0.209. The van der Waals surface area contributed by atoms with Crippen LogP contribution in [0.15, 0.2) is 12.3 Å². The Labute approximate surface area is 125 Å². The summed E-state index contributed by atoms with van der Waals surface area (Å²) >= 11 is 5.66. The van der Waals surface area contributed by atoms with Crippen molar-refractivity contribution in [3.63, 3.8) is 0 Å². The van der Waals surface area contributed by atoms with Crippen molar-refractivity contribution in [2.45, 2.75) is 26.3 Å². The third-order valence-corrected chi connectivity index (χ3v) is 3.17. The molecule has 1 aromatic rings. The zero-order chi connectivity index (χ0) is 16.2. The van der Waals surface area contributed by atoms with Crippen molar-refractivity contribution in [3.05, 3.63) is 33.1 Å². The third-order valence-electron chi connectivity index (χ3n) is 2.90. The largest absolute Gasteiger partial charge is 0.481 e. The molecule has 0 aliphatic rings. The number of pyridine rings is 1. The monoisotopic (exact) mass is 315 g/mol. The molecule has 0 fully saturated rings. The number of carbonyl (C=O) groups is 2. The first-order valence-corrected chi connectivity index (χ1v) is 6.49. The van der Waals surface area contributed by atoms with Gasteiger partial charge in [0.15, 0.2) is 0 Å². The summed E-state index contributed by atoms with van der Waals surface area (Å²) in [6.07, 6.45) is 0.935. The van der Waals surface area contributed by atoms with E-state index in [-0.39, 0.29) is 23.7 Å². The molecule has 1 heterocycles. The van der Waals surface area contributed by atoms with E-state index in [1.54, 1.807) is 13.8 Å². The zero-order valence-electron chi connectivity index (χ0n) is 11.4. The summed E-state index contributed by atoms with van der Waals surface area (Å²) in [5.74, 6) is -1.71.